The molecule has 1 amide bonds. The average Bonchev–Trinajstić information content (AvgIpc) is 2.84. The predicted molar refractivity (Wildman–Crippen MR) is 54.6 cm³/mol. The first-order valence-corrected chi connectivity index (χ1v) is 5.15. The molecule has 0 bridgehead atoms. The average molecular weight is 223 g/mol. The normalized spacial score (nSPS) is 20.4. The Balaban J connectivity index is 1.87. The number of rotatable bonds is 4. The number of hydrogen-bond donors (Lipinski definition) is 2. The summed E-state index contributed by atoms with van der Waals surface area (Å²) in [5.74, 6) is -1.52. The Labute approximate surface area is 92.3 Å². The van der Waals surface area contributed by atoms with Crippen LogP contribution in [0.5, 0.6) is 0 Å². The van der Waals surface area contributed by atoms with E-state index >= 15 is 0 Å². The first-order valence-electron chi connectivity index (χ1n) is 5.15. The van der Waals surface area contributed by atoms with Gasteiger partial charge >= 0.3 is 5.97 Å². The zero-order chi connectivity index (χ0) is 11.5. The molecule has 1 saturated heterocycles. The summed E-state index contributed by atoms with van der Waals surface area (Å²) in [6, 6.07) is 1.84. The Morgan fingerprint density at radius 2 is 2.50 bits per heavy atom. The van der Waals surface area contributed by atoms with Gasteiger partial charge in [-0.15, -0.1) is 0 Å². The summed E-state index contributed by atoms with van der Waals surface area (Å²) in [6.45, 7) is 0.868. The molecule has 0 radical (unpaired) electrons. The minimum atomic E-state index is -0.891. The third kappa shape index (κ3) is 2.21. The molecule has 1 aliphatic heterocycles. The maximum atomic E-state index is 11.5. The lowest BCUT2D eigenvalue weighted by molar-refractivity contribution is -0.141. The molecule has 0 spiro atoms. The highest BCUT2D eigenvalue weighted by Crippen LogP contribution is 2.17. The zero-order valence-corrected chi connectivity index (χ0v) is 8.72. The van der Waals surface area contributed by atoms with Gasteiger partial charge in [0, 0.05) is 37.8 Å². The van der Waals surface area contributed by atoms with E-state index in [9.17, 15) is 9.59 Å². The highest BCUT2D eigenvalue weighted by Gasteiger charge is 2.33. The molecule has 0 aliphatic carbocycles. The van der Waals surface area contributed by atoms with Crippen molar-refractivity contribution in [1.29, 1.82) is 0 Å². The van der Waals surface area contributed by atoms with Crippen LogP contribution in [-0.4, -0.2) is 45.2 Å². The van der Waals surface area contributed by atoms with Gasteiger partial charge in [-0.1, -0.05) is 0 Å². The van der Waals surface area contributed by atoms with Gasteiger partial charge in [0.15, 0.2) is 0 Å². The van der Waals surface area contributed by atoms with Crippen molar-refractivity contribution in [3.63, 3.8) is 0 Å². The number of amides is 1. The van der Waals surface area contributed by atoms with Gasteiger partial charge in [0.1, 0.15) is 0 Å². The molecule has 1 atom stereocenters. The molecule has 1 fully saturated rings. The van der Waals surface area contributed by atoms with Gasteiger partial charge in [0.05, 0.1) is 5.92 Å². The fourth-order valence-electron chi connectivity index (χ4n) is 1.83. The molecule has 0 aromatic carbocycles. The first kappa shape index (κ1) is 10.7. The van der Waals surface area contributed by atoms with Crippen LogP contribution >= 0.6 is 0 Å². The topological polar surface area (TPSA) is 86.3 Å². The van der Waals surface area contributed by atoms with Gasteiger partial charge in [-0.05, 0) is 6.07 Å². The largest absolute Gasteiger partial charge is 0.481 e. The maximum absolute atomic E-state index is 11.5. The minimum Gasteiger partial charge on any atom is -0.481 e. The van der Waals surface area contributed by atoms with Crippen LogP contribution < -0.4 is 0 Å². The maximum Gasteiger partial charge on any atom is 0.308 e. The molecule has 1 aromatic rings. The number of carboxylic acid groups (broad SMARTS) is 1. The number of aliphatic carboxylic acids is 1. The van der Waals surface area contributed by atoms with E-state index in [2.05, 4.69) is 10.2 Å². The van der Waals surface area contributed by atoms with E-state index in [-0.39, 0.29) is 12.3 Å². The summed E-state index contributed by atoms with van der Waals surface area (Å²) < 4.78 is 0. The minimum absolute atomic E-state index is 0.0769. The Morgan fingerprint density at radius 1 is 1.69 bits per heavy atom. The molecule has 16 heavy (non-hydrogen) atoms. The summed E-state index contributed by atoms with van der Waals surface area (Å²) >= 11 is 0. The standard InChI is InChI=1S/C10H13N3O3/c14-9-5-7(10(15)16)6-13(9)4-2-8-1-3-11-12-8/h1,3,7H,2,4-6H2,(H,11,12)(H,15,16). The second-order valence-electron chi connectivity index (χ2n) is 3.91. The highest BCUT2D eigenvalue weighted by molar-refractivity contribution is 5.86. The van der Waals surface area contributed by atoms with Gasteiger partial charge in [-0.3, -0.25) is 14.7 Å². The fourth-order valence-corrected chi connectivity index (χ4v) is 1.83. The fraction of sp³-hybridized carbons (Fsp3) is 0.500. The van der Waals surface area contributed by atoms with Gasteiger partial charge in [-0.25, -0.2) is 0 Å². The van der Waals surface area contributed by atoms with Crippen LogP contribution in [0.15, 0.2) is 12.3 Å². The van der Waals surface area contributed by atoms with Crippen molar-refractivity contribution < 1.29 is 14.7 Å². The third-order valence-corrected chi connectivity index (χ3v) is 2.77. The van der Waals surface area contributed by atoms with E-state index in [1.54, 1.807) is 11.1 Å². The highest BCUT2D eigenvalue weighted by atomic mass is 16.4. The number of likely N-dealkylation sites (tertiary alicyclic amines) is 1. The number of nitrogens with zero attached hydrogens (tertiary/aromatic N) is 2. The molecule has 0 saturated carbocycles. The van der Waals surface area contributed by atoms with Crippen molar-refractivity contribution >= 4 is 11.9 Å². The van der Waals surface area contributed by atoms with E-state index in [1.165, 1.54) is 0 Å². The third-order valence-electron chi connectivity index (χ3n) is 2.77. The second kappa shape index (κ2) is 4.34. The van der Waals surface area contributed by atoms with Crippen LogP contribution in [0.3, 0.4) is 0 Å². The van der Waals surface area contributed by atoms with Crippen LogP contribution in [0, 0.1) is 5.92 Å². The van der Waals surface area contributed by atoms with E-state index < -0.39 is 11.9 Å². The molecular formula is C10H13N3O3. The summed E-state index contributed by atoms with van der Waals surface area (Å²) in [7, 11) is 0. The number of carbonyl (C=O) groups excluding carboxylic acids is 1. The number of aromatic amines is 1. The monoisotopic (exact) mass is 223 g/mol. The number of nitrogens with one attached hydrogen (secondary N) is 1. The summed E-state index contributed by atoms with van der Waals surface area (Å²) in [5.41, 5.74) is 0.951. The van der Waals surface area contributed by atoms with Gasteiger partial charge in [-0.2, -0.15) is 5.10 Å². The van der Waals surface area contributed by atoms with E-state index in [1.807, 2.05) is 6.07 Å². The predicted octanol–water partition coefficient (Wildman–Crippen LogP) is -0.115. The Kier molecular flexibility index (Phi) is 2.89. The van der Waals surface area contributed by atoms with Crippen molar-refractivity contribution in [2.75, 3.05) is 13.1 Å². The van der Waals surface area contributed by atoms with E-state index in [0.29, 0.717) is 19.5 Å². The molecule has 6 heteroatoms. The van der Waals surface area contributed by atoms with Gasteiger partial charge in [0.25, 0.3) is 0 Å². The molecular weight excluding hydrogens is 210 g/mol. The molecule has 1 aliphatic rings. The number of aromatic nitrogens is 2. The van der Waals surface area contributed by atoms with Crippen molar-refractivity contribution in [1.82, 2.24) is 15.1 Å². The van der Waals surface area contributed by atoms with Crippen molar-refractivity contribution in [3.8, 4) is 0 Å². The van der Waals surface area contributed by atoms with Crippen LogP contribution in [0.1, 0.15) is 12.1 Å². The molecule has 6 nitrogen and oxygen atoms in total. The lowest BCUT2D eigenvalue weighted by Gasteiger charge is -2.14. The van der Waals surface area contributed by atoms with Crippen LogP contribution in [0.4, 0.5) is 0 Å². The van der Waals surface area contributed by atoms with Crippen LogP contribution in [0.2, 0.25) is 0 Å². The molecule has 1 aromatic heterocycles. The second-order valence-corrected chi connectivity index (χ2v) is 3.91. The van der Waals surface area contributed by atoms with E-state index in [4.69, 9.17) is 5.11 Å². The quantitative estimate of drug-likeness (QED) is 0.745. The SMILES string of the molecule is O=C(O)C1CC(=O)N(CCc2ccn[nH]2)C1. The molecule has 2 N–H and O–H groups in total. The van der Waals surface area contributed by atoms with Gasteiger partial charge in [0.2, 0.25) is 5.91 Å². The Morgan fingerprint density at radius 3 is 3.06 bits per heavy atom. The van der Waals surface area contributed by atoms with Crippen LogP contribution in [0.25, 0.3) is 0 Å². The summed E-state index contributed by atoms with van der Waals surface area (Å²) in [6.07, 6.45) is 2.46. The number of carbonyl (C=O) groups is 2. The first-order chi connectivity index (χ1) is 7.66. The number of H-pyrrole nitrogens is 1. The molecule has 1 unspecified atom stereocenters. The van der Waals surface area contributed by atoms with Gasteiger partial charge < -0.3 is 10.0 Å². The summed E-state index contributed by atoms with van der Waals surface area (Å²) in [5, 5.41) is 15.4. The van der Waals surface area contributed by atoms with Crippen molar-refractivity contribution in [2.45, 2.75) is 12.8 Å². The number of carboxylic acids is 1. The summed E-state index contributed by atoms with van der Waals surface area (Å²) in [4.78, 5) is 23.8. The Hall–Kier alpha value is -1.85. The molecule has 2 rings (SSSR count). The zero-order valence-electron chi connectivity index (χ0n) is 8.72. The van der Waals surface area contributed by atoms with E-state index in [0.717, 1.165) is 5.69 Å². The van der Waals surface area contributed by atoms with Crippen molar-refractivity contribution in [3.05, 3.63) is 18.0 Å². The molecule has 86 valence electrons. The molecule has 2 heterocycles. The lowest BCUT2D eigenvalue weighted by atomic mass is 10.1. The number of hydrogen-bond acceptors (Lipinski definition) is 3. The smallest absolute Gasteiger partial charge is 0.308 e. The van der Waals surface area contributed by atoms with Crippen LogP contribution in [-0.2, 0) is 16.0 Å². The lowest BCUT2D eigenvalue weighted by Crippen LogP contribution is -2.28. The Bertz CT molecular complexity index is 388. The van der Waals surface area contributed by atoms with Crippen molar-refractivity contribution in [2.24, 2.45) is 5.92 Å².